The van der Waals surface area contributed by atoms with Gasteiger partial charge in [0.15, 0.2) is 0 Å². The van der Waals surface area contributed by atoms with Crippen molar-refractivity contribution in [2.75, 3.05) is 39.6 Å². The van der Waals surface area contributed by atoms with E-state index >= 15 is 0 Å². The molecule has 45 heavy (non-hydrogen) atoms. The Bertz CT molecular complexity index is 1110. The van der Waals surface area contributed by atoms with Crippen LogP contribution in [0.15, 0.2) is 30.3 Å². The van der Waals surface area contributed by atoms with Crippen LogP contribution in [0.5, 0.6) is 0 Å². The van der Waals surface area contributed by atoms with E-state index < -0.39 is 80.4 Å². The van der Waals surface area contributed by atoms with Gasteiger partial charge in [-0.3, -0.25) is 19.2 Å². The van der Waals surface area contributed by atoms with Gasteiger partial charge in [0.05, 0.1) is 26.3 Å². The van der Waals surface area contributed by atoms with Crippen molar-refractivity contribution in [3.63, 3.8) is 0 Å². The highest BCUT2D eigenvalue weighted by Gasteiger charge is 2.47. The van der Waals surface area contributed by atoms with Gasteiger partial charge in [-0.05, 0) is 18.4 Å². The fourth-order valence-corrected chi connectivity index (χ4v) is 3.31. The maximum absolute atomic E-state index is 13.2. The average Bonchev–Trinajstić information content (AvgIpc) is 2.99. The molecule has 0 fully saturated rings. The number of alkyl halides is 3. The predicted octanol–water partition coefficient (Wildman–Crippen LogP) is 0.837. The molecule has 252 valence electrons. The van der Waals surface area contributed by atoms with E-state index in [1.165, 1.54) is 0 Å². The average molecular weight is 648 g/mol. The second-order valence-corrected chi connectivity index (χ2v) is 9.50. The van der Waals surface area contributed by atoms with Crippen LogP contribution in [0.25, 0.3) is 0 Å². The molecule has 1 unspecified atom stereocenters. The van der Waals surface area contributed by atoms with Crippen LogP contribution in [-0.2, 0) is 44.6 Å². The quantitative estimate of drug-likeness (QED) is 0.0776. The summed E-state index contributed by atoms with van der Waals surface area (Å²) >= 11 is 0. The second-order valence-electron chi connectivity index (χ2n) is 9.50. The molecule has 0 aliphatic rings. The van der Waals surface area contributed by atoms with Crippen molar-refractivity contribution in [3.05, 3.63) is 35.9 Å². The summed E-state index contributed by atoms with van der Waals surface area (Å²) in [5.41, 5.74) is 0.648. The summed E-state index contributed by atoms with van der Waals surface area (Å²) in [6.07, 6.45) is -6.35. The SMILES string of the molecule is CCCCOC(=O)NCC(=O)NCC(=O)N[C@@H](Cc1ccccc1)C(=O)NCC(=O)NCOC(C(=O)OCCCC)C(F)(F)F. The molecule has 17 heteroatoms. The van der Waals surface area contributed by atoms with Gasteiger partial charge in [0.2, 0.25) is 23.6 Å². The zero-order valence-electron chi connectivity index (χ0n) is 25.1. The summed E-state index contributed by atoms with van der Waals surface area (Å²) in [6, 6.07) is 7.31. The topological polar surface area (TPSA) is 190 Å². The first-order valence-electron chi connectivity index (χ1n) is 14.3. The van der Waals surface area contributed by atoms with Crippen LogP contribution in [0, 0.1) is 0 Å². The highest BCUT2D eigenvalue weighted by Crippen LogP contribution is 2.24. The Morgan fingerprint density at radius 1 is 0.756 bits per heavy atom. The number of halogens is 3. The number of alkyl carbamates (subject to hydrolysis) is 1. The number of unbranched alkanes of at least 4 members (excludes halogenated alkanes) is 2. The van der Waals surface area contributed by atoms with E-state index in [0.717, 1.165) is 6.42 Å². The summed E-state index contributed by atoms with van der Waals surface area (Å²) in [5, 5.41) is 11.2. The predicted molar refractivity (Wildman–Crippen MR) is 152 cm³/mol. The molecule has 0 saturated heterocycles. The van der Waals surface area contributed by atoms with Gasteiger partial charge in [-0.2, -0.15) is 13.2 Å². The fraction of sp³-hybridized carbons (Fsp3) is 0.571. The summed E-state index contributed by atoms with van der Waals surface area (Å²) in [6.45, 7) is 0.963. The van der Waals surface area contributed by atoms with E-state index in [2.05, 4.69) is 30.7 Å². The third kappa shape index (κ3) is 17.5. The Morgan fingerprint density at radius 2 is 1.33 bits per heavy atom. The number of nitrogens with one attached hydrogen (secondary N) is 5. The van der Waals surface area contributed by atoms with Crippen LogP contribution in [0.2, 0.25) is 0 Å². The molecule has 1 rings (SSSR count). The Labute approximate surface area is 258 Å². The molecular weight excluding hydrogens is 607 g/mol. The number of esters is 1. The lowest BCUT2D eigenvalue weighted by molar-refractivity contribution is -0.231. The molecule has 5 amide bonds. The number of hydrogen-bond donors (Lipinski definition) is 5. The third-order valence-corrected chi connectivity index (χ3v) is 5.70. The lowest BCUT2D eigenvalue weighted by Gasteiger charge is -2.20. The number of amides is 5. The monoisotopic (exact) mass is 647 g/mol. The minimum atomic E-state index is -5.08. The van der Waals surface area contributed by atoms with Crippen LogP contribution in [0.3, 0.4) is 0 Å². The Balaban J connectivity index is 2.62. The molecule has 1 aromatic carbocycles. The molecule has 2 atom stereocenters. The minimum absolute atomic E-state index is 0.00431. The van der Waals surface area contributed by atoms with Gasteiger partial charge in [0.25, 0.3) is 6.10 Å². The van der Waals surface area contributed by atoms with Crippen LogP contribution in [0.1, 0.15) is 45.1 Å². The Kier molecular flexibility index (Phi) is 18.3. The van der Waals surface area contributed by atoms with E-state index in [-0.39, 0.29) is 19.6 Å². The van der Waals surface area contributed by atoms with Gasteiger partial charge < -0.3 is 40.8 Å². The van der Waals surface area contributed by atoms with Gasteiger partial charge in [0.1, 0.15) is 19.3 Å². The number of carbonyl (C=O) groups is 6. The van der Waals surface area contributed by atoms with Crippen molar-refractivity contribution in [3.8, 4) is 0 Å². The number of hydrogen-bond acceptors (Lipinski definition) is 9. The maximum atomic E-state index is 13.2. The molecule has 0 spiro atoms. The summed E-state index contributed by atoms with van der Waals surface area (Å²) in [5.74, 6) is -4.84. The Hall–Kier alpha value is -4.41. The molecule has 14 nitrogen and oxygen atoms in total. The molecule has 0 bridgehead atoms. The lowest BCUT2D eigenvalue weighted by atomic mass is 10.1. The third-order valence-electron chi connectivity index (χ3n) is 5.70. The number of benzene rings is 1. The standard InChI is InChI=1S/C28H40F3N5O9/c1-3-5-12-43-26(41)24(28(29,30)31)45-18-35-22(38)15-33-25(40)20(14-19-10-8-7-9-11-19)36-23(39)17-32-21(37)16-34-27(42)44-13-6-4-2/h7-11,20,24H,3-6,12-18H2,1-2H3,(H,32,37)(H,33,40)(H,34,42)(H,35,38)(H,36,39)/t20-,24?/m0/s1. The van der Waals surface area contributed by atoms with Gasteiger partial charge in [0, 0.05) is 6.42 Å². The molecule has 0 radical (unpaired) electrons. The van der Waals surface area contributed by atoms with E-state index in [1.807, 2.05) is 12.2 Å². The molecule has 0 aliphatic carbocycles. The number of ether oxygens (including phenoxy) is 3. The molecule has 0 heterocycles. The van der Waals surface area contributed by atoms with Crippen LogP contribution < -0.4 is 26.6 Å². The van der Waals surface area contributed by atoms with E-state index in [1.54, 1.807) is 37.3 Å². The van der Waals surface area contributed by atoms with Crippen molar-refractivity contribution in [1.82, 2.24) is 26.6 Å². The van der Waals surface area contributed by atoms with Crippen molar-refractivity contribution in [1.29, 1.82) is 0 Å². The summed E-state index contributed by atoms with van der Waals surface area (Å²) < 4.78 is 53.4. The fourth-order valence-electron chi connectivity index (χ4n) is 3.31. The van der Waals surface area contributed by atoms with Gasteiger partial charge in [-0.1, -0.05) is 57.0 Å². The molecule has 1 aromatic rings. The molecule has 5 N–H and O–H groups in total. The second kappa shape index (κ2) is 21.3. The normalized spacial score (nSPS) is 12.2. The summed E-state index contributed by atoms with van der Waals surface area (Å²) in [4.78, 5) is 72.7. The maximum Gasteiger partial charge on any atom is 0.425 e. The van der Waals surface area contributed by atoms with Gasteiger partial charge in [-0.25, -0.2) is 9.59 Å². The van der Waals surface area contributed by atoms with Crippen LogP contribution in [0.4, 0.5) is 18.0 Å². The lowest BCUT2D eigenvalue weighted by Crippen LogP contribution is -2.52. The van der Waals surface area contributed by atoms with E-state index in [9.17, 15) is 41.9 Å². The van der Waals surface area contributed by atoms with E-state index in [0.29, 0.717) is 24.8 Å². The van der Waals surface area contributed by atoms with Crippen LogP contribution >= 0.6 is 0 Å². The smallest absolute Gasteiger partial charge is 0.425 e. The zero-order valence-corrected chi connectivity index (χ0v) is 25.1. The van der Waals surface area contributed by atoms with Crippen molar-refractivity contribution in [2.45, 2.75) is 64.3 Å². The van der Waals surface area contributed by atoms with Crippen LogP contribution in [-0.4, -0.2) is 93.6 Å². The largest absolute Gasteiger partial charge is 0.464 e. The molecule has 0 aromatic heterocycles. The first-order valence-corrected chi connectivity index (χ1v) is 14.3. The first-order chi connectivity index (χ1) is 21.4. The highest BCUT2D eigenvalue weighted by atomic mass is 19.4. The zero-order chi connectivity index (χ0) is 33.7. The highest BCUT2D eigenvalue weighted by molar-refractivity contribution is 5.92. The molecule has 0 aliphatic heterocycles. The molecular formula is C28H40F3N5O9. The van der Waals surface area contributed by atoms with E-state index in [4.69, 9.17) is 4.74 Å². The van der Waals surface area contributed by atoms with Crippen molar-refractivity contribution in [2.24, 2.45) is 0 Å². The number of carbonyl (C=O) groups excluding carboxylic acids is 6. The minimum Gasteiger partial charge on any atom is -0.464 e. The van der Waals surface area contributed by atoms with Gasteiger partial charge in [-0.15, -0.1) is 0 Å². The van der Waals surface area contributed by atoms with Crippen molar-refractivity contribution >= 4 is 35.7 Å². The number of rotatable bonds is 20. The summed E-state index contributed by atoms with van der Waals surface area (Å²) in [7, 11) is 0. The first kappa shape index (κ1) is 38.6. The van der Waals surface area contributed by atoms with Gasteiger partial charge >= 0.3 is 18.2 Å². The molecule has 0 saturated carbocycles. The Morgan fingerprint density at radius 3 is 1.96 bits per heavy atom. The van der Waals surface area contributed by atoms with Crippen molar-refractivity contribution < 1.29 is 56.1 Å².